The lowest BCUT2D eigenvalue weighted by Gasteiger charge is -2.28. The SMILES string of the molecule is CCOC(=O)c1nn(-c2ccc(OC)cc2C)c2c1CCN(c1ccc(N)cc1)C2=O. The third-order valence-corrected chi connectivity index (χ3v) is 5.32. The van der Waals surface area contributed by atoms with E-state index in [2.05, 4.69) is 5.10 Å². The summed E-state index contributed by atoms with van der Waals surface area (Å²) >= 11 is 0. The number of carbonyl (C=O) groups excluding carboxylic acids is 2. The van der Waals surface area contributed by atoms with Crippen LogP contribution in [0.2, 0.25) is 0 Å². The topological polar surface area (TPSA) is 99.7 Å². The Hall–Kier alpha value is -3.81. The molecule has 2 heterocycles. The molecule has 1 aliphatic rings. The third-order valence-electron chi connectivity index (χ3n) is 5.32. The fourth-order valence-electron chi connectivity index (χ4n) is 3.79. The Morgan fingerprint density at radius 3 is 2.58 bits per heavy atom. The Kier molecular flexibility index (Phi) is 5.37. The van der Waals surface area contributed by atoms with E-state index < -0.39 is 5.97 Å². The van der Waals surface area contributed by atoms with Crippen molar-refractivity contribution in [3.8, 4) is 11.4 Å². The smallest absolute Gasteiger partial charge is 0.359 e. The Morgan fingerprint density at radius 2 is 1.94 bits per heavy atom. The van der Waals surface area contributed by atoms with Crippen molar-refractivity contribution < 1.29 is 19.1 Å². The normalized spacial score (nSPS) is 13.1. The fraction of sp³-hybridized carbons (Fsp3) is 0.261. The van der Waals surface area contributed by atoms with E-state index in [9.17, 15) is 9.59 Å². The summed E-state index contributed by atoms with van der Waals surface area (Å²) in [4.78, 5) is 27.8. The van der Waals surface area contributed by atoms with Crippen LogP contribution in [-0.4, -0.2) is 41.9 Å². The molecule has 31 heavy (non-hydrogen) atoms. The van der Waals surface area contributed by atoms with E-state index >= 15 is 0 Å². The van der Waals surface area contributed by atoms with Crippen LogP contribution in [0.3, 0.4) is 0 Å². The number of benzene rings is 2. The maximum atomic E-state index is 13.6. The highest BCUT2D eigenvalue weighted by atomic mass is 16.5. The molecule has 8 heteroatoms. The maximum Gasteiger partial charge on any atom is 0.359 e. The number of amides is 1. The van der Waals surface area contributed by atoms with Gasteiger partial charge in [-0.2, -0.15) is 5.10 Å². The number of aryl methyl sites for hydroxylation is 1. The number of nitrogens with zero attached hydrogens (tertiary/aromatic N) is 3. The first kappa shape index (κ1) is 20.5. The summed E-state index contributed by atoms with van der Waals surface area (Å²) in [5.74, 6) is -0.0654. The van der Waals surface area contributed by atoms with Gasteiger partial charge in [-0.05, 0) is 68.3 Å². The van der Waals surface area contributed by atoms with Gasteiger partial charge in [-0.25, -0.2) is 9.48 Å². The summed E-state index contributed by atoms with van der Waals surface area (Å²) in [5, 5.41) is 4.52. The number of esters is 1. The molecule has 0 saturated heterocycles. The molecule has 8 nitrogen and oxygen atoms in total. The van der Waals surface area contributed by atoms with Gasteiger partial charge < -0.3 is 20.1 Å². The fourth-order valence-corrected chi connectivity index (χ4v) is 3.79. The molecule has 1 amide bonds. The van der Waals surface area contributed by atoms with E-state index in [1.807, 2.05) is 31.2 Å². The summed E-state index contributed by atoms with van der Waals surface area (Å²) in [6.07, 6.45) is 0.481. The number of hydrogen-bond acceptors (Lipinski definition) is 6. The molecule has 0 fully saturated rings. The van der Waals surface area contributed by atoms with Crippen molar-refractivity contribution in [3.05, 3.63) is 65.0 Å². The summed E-state index contributed by atoms with van der Waals surface area (Å²) < 4.78 is 12.0. The van der Waals surface area contributed by atoms with Crippen molar-refractivity contribution >= 4 is 23.3 Å². The van der Waals surface area contributed by atoms with Crippen molar-refractivity contribution in [1.82, 2.24) is 9.78 Å². The van der Waals surface area contributed by atoms with Crippen molar-refractivity contribution in [1.29, 1.82) is 0 Å². The van der Waals surface area contributed by atoms with E-state index in [0.29, 0.717) is 41.3 Å². The molecule has 160 valence electrons. The average molecular weight is 420 g/mol. The Bertz CT molecular complexity index is 1150. The summed E-state index contributed by atoms with van der Waals surface area (Å²) in [5.41, 5.74) is 9.85. The number of rotatable bonds is 5. The second-order valence-corrected chi connectivity index (χ2v) is 7.26. The minimum atomic E-state index is -0.530. The monoisotopic (exact) mass is 420 g/mol. The van der Waals surface area contributed by atoms with Gasteiger partial charge in [0.05, 0.1) is 19.4 Å². The Balaban J connectivity index is 1.86. The van der Waals surface area contributed by atoms with E-state index in [1.165, 1.54) is 0 Å². The molecule has 0 atom stereocenters. The lowest BCUT2D eigenvalue weighted by atomic mass is 10.0. The zero-order chi connectivity index (χ0) is 22.1. The van der Waals surface area contributed by atoms with Gasteiger partial charge in [0.15, 0.2) is 5.69 Å². The van der Waals surface area contributed by atoms with Crippen LogP contribution < -0.4 is 15.4 Å². The van der Waals surface area contributed by atoms with Crippen LogP contribution in [0.1, 0.15) is 39.0 Å². The van der Waals surface area contributed by atoms with Crippen LogP contribution in [0.5, 0.6) is 5.75 Å². The molecule has 0 spiro atoms. The maximum absolute atomic E-state index is 13.6. The molecule has 3 aromatic rings. The van der Waals surface area contributed by atoms with Gasteiger partial charge in [0.2, 0.25) is 0 Å². The van der Waals surface area contributed by atoms with E-state index in [4.69, 9.17) is 15.2 Å². The van der Waals surface area contributed by atoms with Gasteiger partial charge in [-0.3, -0.25) is 4.79 Å². The highest BCUT2D eigenvalue weighted by Crippen LogP contribution is 2.31. The lowest BCUT2D eigenvalue weighted by Crippen LogP contribution is -2.39. The van der Waals surface area contributed by atoms with Crippen LogP contribution in [0, 0.1) is 6.92 Å². The molecule has 0 radical (unpaired) electrons. The highest BCUT2D eigenvalue weighted by Gasteiger charge is 2.35. The van der Waals surface area contributed by atoms with Crippen LogP contribution in [0.25, 0.3) is 5.69 Å². The molecule has 0 aliphatic carbocycles. The number of aromatic nitrogens is 2. The quantitative estimate of drug-likeness (QED) is 0.503. The van der Waals surface area contributed by atoms with Gasteiger partial charge in [0.25, 0.3) is 5.91 Å². The van der Waals surface area contributed by atoms with E-state index in [0.717, 1.165) is 11.3 Å². The molecule has 2 aromatic carbocycles. The second-order valence-electron chi connectivity index (χ2n) is 7.26. The molecule has 0 bridgehead atoms. The minimum absolute atomic E-state index is 0.178. The molecule has 0 unspecified atom stereocenters. The van der Waals surface area contributed by atoms with E-state index in [-0.39, 0.29) is 18.2 Å². The van der Waals surface area contributed by atoms with Crippen molar-refractivity contribution in [2.75, 3.05) is 30.9 Å². The second kappa shape index (κ2) is 8.14. The first-order chi connectivity index (χ1) is 14.9. The zero-order valence-corrected chi connectivity index (χ0v) is 17.7. The standard InChI is InChI=1S/C23H24N4O4/c1-4-31-23(29)20-18-11-12-26(16-7-5-15(24)6-8-16)22(28)21(18)27(25-20)19-10-9-17(30-3)13-14(19)2/h5-10,13H,4,11-12,24H2,1-3H3. The molecule has 4 rings (SSSR count). The largest absolute Gasteiger partial charge is 0.497 e. The summed E-state index contributed by atoms with van der Waals surface area (Å²) in [6, 6.07) is 12.6. The van der Waals surface area contributed by atoms with Crippen LogP contribution in [0.15, 0.2) is 42.5 Å². The van der Waals surface area contributed by atoms with Crippen LogP contribution >= 0.6 is 0 Å². The summed E-state index contributed by atoms with van der Waals surface area (Å²) in [6.45, 7) is 4.30. The number of methoxy groups -OCH3 is 1. The number of nitrogens with two attached hydrogens (primary N) is 1. The van der Waals surface area contributed by atoms with Gasteiger partial charge >= 0.3 is 5.97 Å². The molecule has 1 aliphatic heterocycles. The predicted molar refractivity (Wildman–Crippen MR) is 117 cm³/mol. The number of hydrogen-bond donors (Lipinski definition) is 1. The number of carbonyl (C=O) groups is 2. The Labute approximate surface area is 180 Å². The van der Waals surface area contributed by atoms with Crippen LogP contribution in [0.4, 0.5) is 11.4 Å². The zero-order valence-electron chi connectivity index (χ0n) is 17.7. The molecule has 0 saturated carbocycles. The Morgan fingerprint density at radius 1 is 1.19 bits per heavy atom. The van der Waals surface area contributed by atoms with Crippen molar-refractivity contribution in [2.24, 2.45) is 0 Å². The summed E-state index contributed by atoms with van der Waals surface area (Å²) in [7, 11) is 1.59. The van der Waals surface area contributed by atoms with E-state index in [1.54, 1.807) is 41.8 Å². The number of nitrogen functional groups attached to an aromatic ring is 1. The van der Waals surface area contributed by atoms with Crippen LogP contribution in [-0.2, 0) is 11.2 Å². The number of anilines is 2. The molecule has 1 aromatic heterocycles. The number of fused-ring (bicyclic) bond motifs is 1. The molecular formula is C23H24N4O4. The first-order valence-corrected chi connectivity index (χ1v) is 10.1. The molecule has 2 N–H and O–H groups in total. The minimum Gasteiger partial charge on any atom is -0.497 e. The highest BCUT2D eigenvalue weighted by molar-refractivity contribution is 6.09. The third kappa shape index (κ3) is 3.61. The van der Waals surface area contributed by atoms with Crippen molar-refractivity contribution in [3.63, 3.8) is 0 Å². The van der Waals surface area contributed by atoms with Gasteiger partial charge in [0.1, 0.15) is 11.4 Å². The number of ether oxygens (including phenoxy) is 2. The lowest BCUT2D eigenvalue weighted by molar-refractivity contribution is 0.0517. The predicted octanol–water partition coefficient (Wildman–Crippen LogP) is 3.15. The molecular weight excluding hydrogens is 396 g/mol. The first-order valence-electron chi connectivity index (χ1n) is 10.1. The van der Waals surface area contributed by atoms with Gasteiger partial charge in [-0.15, -0.1) is 0 Å². The average Bonchev–Trinajstić information content (AvgIpc) is 3.15. The van der Waals surface area contributed by atoms with Crippen molar-refractivity contribution in [2.45, 2.75) is 20.3 Å². The van der Waals surface area contributed by atoms with Gasteiger partial charge in [-0.1, -0.05) is 0 Å². The van der Waals surface area contributed by atoms with Gasteiger partial charge in [0, 0.05) is 23.5 Å².